The zero-order valence-corrected chi connectivity index (χ0v) is 13.3. The zero-order chi connectivity index (χ0) is 15.9. The van der Waals surface area contributed by atoms with E-state index in [2.05, 4.69) is 0 Å². The van der Waals surface area contributed by atoms with Gasteiger partial charge < -0.3 is 10.0 Å². The van der Waals surface area contributed by atoms with Crippen molar-refractivity contribution in [1.82, 2.24) is 4.90 Å². The minimum Gasteiger partial charge on any atom is -0.480 e. The molecule has 2 rings (SSSR count). The summed E-state index contributed by atoms with van der Waals surface area (Å²) < 4.78 is 0. The minimum atomic E-state index is -0.986. The molecule has 0 fully saturated rings. The van der Waals surface area contributed by atoms with Gasteiger partial charge in [-0.15, -0.1) is 11.3 Å². The second kappa shape index (κ2) is 7.75. The number of hydrogen-bond acceptors (Lipinski definition) is 3. The van der Waals surface area contributed by atoms with Gasteiger partial charge in [0.25, 0.3) is 0 Å². The molecule has 1 amide bonds. The lowest BCUT2D eigenvalue weighted by molar-refractivity contribution is -0.150. The van der Waals surface area contributed by atoms with E-state index < -0.39 is 12.0 Å². The van der Waals surface area contributed by atoms with Crippen LogP contribution in [0.15, 0.2) is 47.8 Å². The van der Waals surface area contributed by atoms with E-state index in [1.54, 1.807) is 18.3 Å². The number of carboxylic acids is 1. The van der Waals surface area contributed by atoms with Crippen molar-refractivity contribution in [3.63, 3.8) is 0 Å². The van der Waals surface area contributed by atoms with E-state index in [9.17, 15) is 14.7 Å². The van der Waals surface area contributed by atoms with Crippen LogP contribution in [0.3, 0.4) is 0 Å². The highest BCUT2D eigenvalue weighted by Crippen LogP contribution is 2.15. The fourth-order valence-electron chi connectivity index (χ4n) is 2.18. The Morgan fingerprint density at radius 1 is 1.18 bits per heavy atom. The topological polar surface area (TPSA) is 57.6 Å². The summed E-state index contributed by atoms with van der Waals surface area (Å²) in [5, 5.41) is 11.2. The van der Waals surface area contributed by atoms with Crippen LogP contribution in [-0.4, -0.2) is 27.9 Å². The van der Waals surface area contributed by atoms with Gasteiger partial charge in [-0.2, -0.15) is 0 Å². The van der Waals surface area contributed by atoms with Crippen LogP contribution in [0.2, 0.25) is 0 Å². The van der Waals surface area contributed by atoms with Gasteiger partial charge in [0.2, 0.25) is 5.91 Å². The number of carboxylic acid groups (broad SMARTS) is 1. The third-order valence-electron chi connectivity index (χ3n) is 3.51. The SMILES string of the molecule is CC(C(=O)O)N(Cc1ccccc1)C(=O)CCc1cccs1. The number of rotatable bonds is 7. The molecule has 1 atom stereocenters. The highest BCUT2D eigenvalue weighted by molar-refractivity contribution is 7.09. The van der Waals surface area contributed by atoms with Crippen molar-refractivity contribution in [3.05, 3.63) is 58.3 Å². The summed E-state index contributed by atoms with van der Waals surface area (Å²) >= 11 is 1.61. The molecule has 1 heterocycles. The van der Waals surface area contributed by atoms with E-state index in [1.807, 2.05) is 47.8 Å². The Morgan fingerprint density at radius 2 is 1.91 bits per heavy atom. The number of thiophene rings is 1. The third kappa shape index (κ3) is 4.43. The van der Waals surface area contributed by atoms with Gasteiger partial charge in [0.05, 0.1) is 0 Å². The highest BCUT2D eigenvalue weighted by Gasteiger charge is 2.25. The molecular weight excluding hydrogens is 298 g/mol. The predicted octanol–water partition coefficient (Wildman–Crippen LogP) is 3.18. The summed E-state index contributed by atoms with van der Waals surface area (Å²) in [5.41, 5.74) is 0.931. The second-order valence-electron chi connectivity index (χ2n) is 5.10. The minimum absolute atomic E-state index is 0.132. The maximum Gasteiger partial charge on any atom is 0.326 e. The van der Waals surface area contributed by atoms with Gasteiger partial charge in [-0.25, -0.2) is 4.79 Å². The van der Waals surface area contributed by atoms with Crippen molar-refractivity contribution in [2.45, 2.75) is 32.4 Å². The van der Waals surface area contributed by atoms with Gasteiger partial charge in [-0.1, -0.05) is 36.4 Å². The third-order valence-corrected chi connectivity index (χ3v) is 4.44. The molecule has 116 valence electrons. The monoisotopic (exact) mass is 317 g/mol. The molecule has 0 aliphatic heterocycles. The van der Waals surface area contributed by atoms with Gasteiger partial charge >= 0.3 is 5.97 Å². The number of carbonyl (C=O) groups excluding carboxylic acids is 1. The molecule has 0 bridgehead atoms. The Hall–Kier alpha value is -2.14. The summed E-state index contributed by atoms with van der Waals surface area (Å²) in [5.74, 6) is -1.12. The molecule has 0 saturated heterocycles. The fraction of sp³-hybridized carbons (Fsp3) is 0.294. The Morgan fingerprint density at radius 3 is 2.50 bits per heavy atom. The zero-order valence-electron chi connectivity index (χ0n) is 12.4. The molecule has 1 unspecified atom stereocenters. The lowest BCUT2D eigenvalue weighted by Crippen LogP contribution is -2.42. The first-order valence-corrected chi connectivity index (χ1v) is 8.04. The number of benzene rings is 1. The average molecular weight is 317 g/mol. The van der Waals surface area contributed by atoms with Crippen LogP contribution in [0.5, 0.6) is 0 Å². The summed E-state index contributed by atoms with van der Waals surface area (Å²) in [4.78, 5) is 26.3. The number of nitrogens with zero attached hydrogens (tertiary/aromatic N) is 1. The van der Waals surface area contributed by atoms with Crippen molar-refractivity contribution >= 4 is 23.2 Å². The quantitative estimate of drug-likeness (QED) is 0.853. The van der Waals surface area contributed by atoms with Crippen LogP contribution >= 0.6 is 11.3 Å². The van der Waals surface area contributed by atoms with Crippen molar-refractivity contribution < 1.29 is 14.7 Å². The standard InChI is InChI=1S/C17H19NO3S/c1-13(17(20)21)18(12-14-6-3-2-4-7-14)16(19)10-9-15-8-5-11-22-15/h2-8,11,13H,9-10,12H2,1H3,(H,20,21). The van der Waals surface area contributed by atoms with Gasteiger partial charge in [-0.05, 0) is 30.4 Å². The van der Waals surface area contributed by atoms with Crippen LogP contribution in [0.1, 0.15) is 23.8 Å². The van der Waals surface area contributed by atoms with E-state index in [1.165, 1.54) is 4.90 Å². The Balaban J connectivity index is 2.06. The maximum absolute atomic E-state index is 12.5. The van der Waals surface area contributed by atoms with Gasteiger partial charge in [0.1, 0.15) is 6.04 Å². The Labute approximate surface area is 134 Å². The first-order chi connectivity index (χ1) is 10.6. The number of aliphatic carboxylic acids is 1. The fourth-order valence-corrected chi connectivity index (χ4v) is 2.89. The molecule has 22 heavy (non-hydrogen) atoms. The number of carbonyl (C=O) groups is 2. The second-order valence-corrected chi connectivity index (χ2v) is 6.13. The number of aryl methyl sites for hydroxylation is 1. The van der Waals surface area contributed by atoms with Crippen molar-refractivity contribution in [2.24, 2.45) is 0 Å². The summed E-state index contributed by atoms with van der Waals surface area (Å²) in [6.07, 6.45) is 0.971. The van der Waals surface area contributed by atoms with Crippen molar-refractivity contribution in [2.75, 3.05) is 0 Å². The van der Waals surface area contributed by atoms with Gasteiger partial charge in [0.15, 0.2) is 0 Å². The molecule has 0 saturated carbocycles. The van der Waals surface area contributed by atoms with E-state index in [0.29, 0.717) is 19.4 Å². The van der Waals surface area contributed by atoms with E-state index >= 15 is 0 Å². The molecule has 5 heteroatoms. The van der Waals surface area contributed by atoms with Crippen LogP contribution in [0.4, 0.5) is 0 Å². The molecule has 4 nitrogen and oxygen atoms in total. The van der Waals surface area contributed by atoms with E-state index in [-0.39, 0.29) is 5.91 Å². The van der Waals surface area contributed by atoms with E-state index in [4.69, 9.17) is 0 Å². The first kappa shape index (κ1) is 16.2. The predicted molar refractivity (Wildman–Crippen MR) is 86.7 cm³/mol. The number of amides is 1. The highest BCUT2D eigenvalue weighted by atomic mass is 32.1. The smallest absolute Gasteiger partial charge is 0.326 e. The molecule has 1 aromatic heterocycles. The molecule has 0 aliphatic rings. The first-order valence-electron chi connectivity index (χ1n) is 7.16. The Bertz CT molecular complexity index is 610. The van der Waals surface area contributed by atoms with Crippen molar-refractivity contribution in [1.29, 1.82) is 0 Å². The van der Waals surface area contributed by atoms with Gasteiger partial charge in [-0.3, -0.25) is 4.79 Å². The molecular formula is C17H19NO3S. The van der Waals surface area contributed by atoms with Crippen LogP contribution in [0, 0.1) is 0 Å². The molecule has 2 aromatic rings. The lowest BCUT2D eigenvalue weighted by Gasteiger charge is -2.26. The Kier molecular flexibility index (Phi) is 5.72. The normalized spacial score (nSPS) is 11.9. The number of hydrogen-bond donors (Lipinski definition) is 1. The molecule has 0 radical (unpaired) electrons. The summed E-state index contributed by atoms with van der Waals surface area (Å²) in [7, 11) is 0. The summed E-state index contributed by atoms with van der Waals surface area (Å²) in [6.45, 7) is 1.87. The molecule has 1 aromatic carbocycles. The molecule has 0 spiro atoms. The summed E-state index contributed by atoms with van der Waals surface area (Å²) in [6, 6.07) is 12.6. The molecule has 1 N–H and O–H groups in total. The van der Waals surface area contributed by atoms with Crippen LogP contribution in [-0.2, 0) is 22.6 Å². The lowest BCUT2D eigenvalue weighted by atomic mass is 10.1. The average Bonchev–Trinajstić information content (AvgIpc) is 3.04. The van der Waals surface area contributed by atoms with Crippen LogP contribution in [0.25, 0.3) is 0 Å². The van der Waals surface area contributed by atoms with Gasteiger partial charge in [0, 0.05) is 17.8 Å². The van der Waals surface area contributed by atoms with Crippen molar-refractivity contribution in [3.8, 4) is 0 Å². The largest absolute Gasteiger partial charge is 0.480 e. The maximum atomic E-state index is 12.5. The van der Waals surface area contributed by atoms with Crippen LogP contribution < -0.4 is 0 Å². The van der Waals surface area contributed by atoms with E-state index in [0.717, 1.165) is 10.4 Å². The molecule has 0 aliphatic carbocycles.